The van der Waals surface area contributed by atoms with Crippen molar-refractivity contribution in [2.45, 2.75) is 64.3 Å². The van der Waals surface area contributed by atoms with Crippen LogP contribution < -0.4 is 0 Å². The van der Waals surface area contributed by atoms with Gasteiger partial charge in [0, 0.05) is 19.4 Å². The highest BCUT2D eigenvalue weighted by atomic mass is 16.4. The fourth-order valence-corrected chi connectivity index (χ4v) is 2.77. The predicted octanol–water partition coefficient (Wildman–Crippen LogP) is 2.05. The van der Waals surface area contributed by atoms with Gasteiger partial charge in [-0.25, -0.2) is 4.68 Å². The third kappa shape index (κ3) is 4.61. The Labute approximate surface area is 113 Å². The molecule has 1 aromatic rings. The second kappa shape index (κ2) is 7.21. The fourth-order valence-electron chi connectivity index (χ4n) is 2.77. The minimum atomic E-state index is -0.767. The molecule has 1 fully saturated rings. The van der Waals surface area contributed by atoms with E-state index in [2.05, 4.69) is 15.5 Å². The predicted molar refractivity (Wildman–Crippen MR) is 69.6 cm³/mol. The Morgan fingerprint density at radius 3 is 2.84 bits per heavy atom. The lowest BCUT2D eigenvalue weighted by molar-refractivity contribution is -0.137. The summed E-state index contributed by atoms with van der Waals surface area (Å²) in [5.41, 5.74) is 0. The Bertz CT molecular complexity index is 399. The average molecular weight is 266 g/mol. The van der Waals surface area contributed by atoms with Gasteiger partial charge in [0.25, 0.3) is 0 Å². The summed E-state index contributed by atoms with van der Waals surface area (Å²) in [4.78, 5) is 10.5. The van der Waals surface area contributed by atoms with Gasteiger partial charge in [-0.05, 0) is 29.2 Å². The van der Waals surface area contributed by atoms with Crippen LogP contribution in [0.15, 0.2) is 0 Å². The summed E-state index contributed by atoms with van der Waals surface area (Å²) < 4.78 is 1.76. The molecule has 0 atom stereocenters. The molecule has 0 bridgehead atoms. The quantitative estimate of drug-likeness (QED) is 0.817. The highest BCUT2D eigenvalue weighted by Gasteiger charge is 2.15. The van der Waals surface area contributed by atoms with Crippen LogP contribution in [0.1, 0.15) is 57.2 Å². The molecule has 0 aliphatic heterocycles. The number of rotatable bonds is 7. The van der Waals surface area contributed by atoms with E-state index in [9.17, 15) is 4.79 Å². The number of tetrazole rings is 1. The number of carboxylic acid groups (broad SMARTS) is 1. The number of aromatic nitrogens is 4. The fraction of sp³-hybridized carbons (Fsp3) is 0.846. The van der Waals surface area contributed by atoms with Crippen molar-refractivity contribution in [1.82, 2.24) is 20.2 Å². The molecule has 1 heterocycles. The molecule has 2 rings (SSSR count). The SMILES string of the molecule is O=C(O)CCCn1nnnc1CCC1CCCCC1. The second-order valence-corrected chi connectivity index (χ2v) is 5.36. The van der Waals surface area contributed by atoms with E-state index in [1.807, 2.05) is 0 Å². The Morgan fingerprint density at radius 1 is 1.32 bits per heavy atom. The molecule has 0 aromatic carbocycles. The van der Waals surface area contributed by atoms with Crippen molar-refractivity contribution in [3.05, 3.63) is 5.82 Å². The van der Waals surface area contributed by atoms with Gasteiger partial charge in [-0.2, -0.15) is 0 Å². The van der Waals surface area contributed by atoms with Crippen LogP contribution in [-0.4, -0.2) is 31.3 Å². The zero-order valence-corrected chi connectivity index (χ0v) is 11.3. The summed E-state index contributed by atoms with van der Waals surface area (Å²) in [6.45, 7) is 0.597. The van der Waals surface area contributed by atoms with Gasteiger partial charge in [0.05, 0.1) is 0 Å². The summed E-state index contributed by atoms with van der Waals surface area (Å²) in [5.74, 6) is 0.950. The smallest absolute Gasteiger partial charge is 0.303 e. The Morgan fingerprint density at radius 2 is 2.11 bits per heavy atom. The van der Waals surface area contributed by atoms with Crippen LogP contribution in [0.3, 0.4) is 0 Å². The number of aliphatic carboxylic acids is 1. The van der Waals surface area contributed by atoms with Gasteiger partial charge in [-0.3, -0.25) is 4.79 Å². The van der Waals surface area contributed by atoms with Gasteiger partial charge < -0.3 is 5.11 Å². The molecule has 1 N–H and O–H groups in total. The minimum absolute atomic E-state index is 0.169. The lowest BCUT2D eigenvalue weighted by atomic mass is 9.86. The van der Waals surface area contributed by atoms with E-state index >= 15 is 0 Å². The van der Waals surface area contributed by atoms with E-state index in [0.717, 1.165) is 24.6 Å². The number of hydrogen-bond donors (Lipinski definition) is 1. The first-order chi connectivity index (χ1) is 9.25. The Hall–Kier alpha value is -1.46. The van der Waals surface area contributed by atoms with Gasteiger partial charge in [0.1, 0.15) is 0 Å². The first kappa shape index (κ1) is 14.0. The molecule has 6 heteroatoms. The van der Waals surface area contributed by atoms with Crippen molar-refractivity contribution >= 4 is 5.97 Å². The van der Waals surface area contributed by atoms with Gasteiger partial charge in [0.2, 0.25) is 0 Å². The number of nitrogens with zero attached hydrogens (tertiary/aromatic N) is 4. The van der Waals surface area contributed by atoms with Crippen molar-refractivity contribution in [3.8, 4) is 0 Å². The molecule has 0 radical (unpaired) electrons. The van der Waals surface area contributed by atoms with E-state index < -0.39 is 5.97 Å². The lowest BCUT2D eigenvalue weighted by Gasteiger charge is -2.20. The van der Waals surface area contributed by atoms with Crippen molar-refractivity contribution in [3.63, 3.8) is 0 Å². The average Bonchev–Trinajstić information content (AvgIpc) is 2.85. The first-order valence-corrected chi connectivity index (χ1v) is 7.22. The van der Waals surface area contributed by atoms with Crippen molar-refractivity contribution in [2.75, 3.05) is 0 Å². The topological polar surface area (TPSA) is 80.9 Å². The van der Waals surface area contributed by atoms with Crippen molar-refractivity contribution < 1.29 is 9.90 Å². The van der Waals surface area contributed by atoms with E-state index in [1.165, 1.54) is 32.1 Å². The van der Waals surface area contributed by atoms with Crippen LogP contribution in [0.25, 0.3) is 0 Å². The largest absolute Gasteiger partial charge is 0.481 e. The first-order valence-electron chi connectivity index (χ1n) is 7.22. The summed E-state index contributed by atoms with van der Waals surface area (Å²) in [7, 11) is 0. The zero-order chi connectivity index (χ0) is 13.5. The molecule has 106 valence electrons. The second-order valence-electron chi connectivity index (χ2n) is 5.36. The molecule has 1 saturated carbocycles. The molecule has 6 nitrogen and oxygen atoms in total. The zero-order valence-electron chi connectivity index (χ0n) is 11.3. The van der Waals surface area contributed by atoms with Crippen molar-refractivity contribution in [2.24, 2.45) is 5.92 Å². The van der Waals surface area contributed by atoms with Crippen LogP contribution in [0, 0.1) is 5.92 Å². The third-order valence-electron chi connectivity index (χ3n) is 3.87. The van der Waals surface area contributed by atoms with Crippen LogP contribution in [-0.2, 0) is 17.8 Å². The van der Waals surface area contributed by atoms with Crippen LogP contribution >= 0.6 is 0 Å². The maximum absolute atomic E-state index is 10.5. The monoisotopic (exact) mass is 266 g/mol. The minimum Gasteiger partial charge on any atom is -0.481 e. The van der Waals surface area contributed by atoms with Gasteiger partial charge in [-0.1, -0.05) is 32.1 Å². The summed E-state index contributed by atoms with van der Waals surface area (Å²) in [6, 6.07) is 0. The molecule has 0 unspecified atom stereocenters. The number of aryl methyl sites for hydroxylation is 2. The normalized spacial score (nSPS) is 16.6. The van der Waals surface area contributed by atoms with Gasteiger partial charge in [-0.15, -0.1) is 5.10 Å². The number of carboxylic acids is 1. The highest BCUT2D eigenvalue weighted by molar-refractivity contribution is 5.66. The Kier molecular flexibility index (Phi) is 5.30. The van der Waals surface area contributed by atoms with E-state index in [0.29, 0.717) is 13.0 Å². The maximum Gasteiger partial charge on any atom is 0.303 e. The molecule has 1 aromatic heterocycles. The number of carbonyl (C=O) groups is 1. The number of hydrogen-bond acceptors (Lipinski definition) is 4. The molecule has 0 amide bonds. The summed E-state index contributed by atoms with van der Waals surface area (Å²) in [5, 5.41) is 20.3. The van der Waals surface area contributed by atoms with Gasteiger partial charge >= 0.3 is 5.97 Å². The van der Waals surface area contributed by atoms with E-state index in [4.69, 9.17) is 5.11 Å². The third-order valence-corrected chi connectivity index (χ3v) is 3.87. The molecule has 0 saturated heterocycles. The van der Waals surface area contributed by atoms with Crippen molar-refractivity contribution in [1.29, 1.82) is 0 Å². The summed E-state index contributed by atoms with van der Waals surface area (Å²) >= 11 is 0. The van der Waals surface area contributed by atoms with E-state index in [-0.39, 0.29) is 6.42 Å². The Balaban J connectivity index is 1.76. The maximum atomic E-state index is 10.5. The van der Waals surface area contributed by atoms with Crippen LogP contribution in [0.4, 0.5) is 0 Å². The van der Waals surface area contributed by atoms with Gasteiger partial charge in [0.15, 0.2) is 5.82 Å². The van der Waals surface area contributed by atoms with Crippen LogP contribution in [0.5, 0.6) is 0 Å². The molecule has 19 heavy (non-hydrogen) atoms. The lowest BCUT2D eigenvalue weighted by Crippen LogP contribution is -2.11. The molecular weight excluding hydrogens is 244 g/mol. The highest BCUT2D eigenvalue weighted by Crippen LogP contribution is 2.27. The summed E-state index contributed by atoms with van der Waals surface area (Å²) in [6.07, 6.45) is 9.57. The molecule has 1 aliphatic carbocycles. The molecule has 0 spiro atoms. The van der Waals surface area contributed by atoms with E-state index in [1.54, 1.807) is 4.68 Å². The molecular formula is C13H22N4O2. The standard InChI is InChI=1S/C13H22N4O2/c18-13(19)7-4-10-17-12(14-15-16-17)9-8-11-5-2-1-3-6-11/h11H,1-10H2,(H,18,19). The molecule has 1 aliphatic rings. The van der Waals surface area contributed by atoms with Crippen LogP contribution in [0.2, 0.25) is 0 Å².